The van der Waals surface area contributed by atoms with Crippen LogP contribution in [0.5, 0.6) is 5.75 Å². The summed E-state index contributed by atoms with van der Waals surface area (Å²) < 4.78 is 7.47. The van der Waals surface area contributed by atoms with Crippen molar-refractivity contribution in [3.63, 3.8) is 0 Å². The van der Waals surface area contributed by atoms with E-state index in [1.807, 2.05) is 26.0 Å². The van der Waals surface area contributed by atoms with E-state index in [-0.39, 0.29) is 11.5 Å². The number of hydrogen-bond acceptors (Lipinski definition) is 5. The summed E-state index contributed by atoms with van der Waals surface area (Å²) in [5, 5.41) is 13.8. The SMILES string of the molecule is CC[C@@H](C)c1nc2ccc(Br)cc2c(=O)n1N=Cc1ccc(O[C@H](C)C(=O)O)cc1. The predicted octanol–water partition coefficient (Wildman–Crippen LogP) is 4.41. The van der Waals surface area contributed by atoms with Crippen molar-refractivity contribution in [1.29, 1.82) is 0 Å². The second-order valence-corrected chi connectivity index (χ2v) is 7.89. The number of fused-ring (bicyclic) bond motifs is 1. The van der Waals surface area contributed by atoms with Gasteiger partial charge in [-0.25, -0.2) is 9.78 Å². The monoisotopic (exact) mass is 471 g/mol. The van der Waals surface area contributed by atoms with E-state index < -0.39 is 12.1 Å². The number of benzene rings is 2. The van der Waals surface area contributed by atoms with Crippen LogP contribution in [0.25, 0.3) is 10.9 Å². The molecule has 1 heterocycles. The quantitative estimate of drug-likeness (QED) is 0.515. The molecule has 2 atom stereocenters. The summed E-state index contributed by atoms with van der Waals surface area (Å²) in [6.45, 7) is 5.51. The van der Waals surface area contributed by atoms with E-state index >= 15 is 0 Å². The van der Waals surface area contributed by atoms with E-state index in [4.69, 9.17) is 9.84 Å². The van der Waals surface area contributed by atoms with Crippen LogP contribution in [0.4, 0.5) is 0 Å². The molecule has 1 aromatic heterocycles. The zero-order chi connectivity index (χ0) is 21.8. The standard InChI is InChI=1S/C22H22BrN3O4/c1-4-13(2)20-25-19-10-7-16(23)11-18(19)21(27)26(20)24-12-15-5-8-17(9-6-15)30-14(3)22(28)29/h5-14H,4H2,1-3H3,(H,28,29)/t13-,14-/m1/s1. The summed E-state index contributed by atoms with van der Waals surface area (Å²) in [5.41, 5.74) is 1.14. The van der Waals surface area contributed by atoms with E-state index in [0.29, 0.717) is 22.5 Å². The lowest BCUT2D eigenvalue weighted by atomic mass is 10.1. The Labute approximate surface area is 182 Å². The van der Waals surface area contributed by atoms with E-state index in [9.17, 15) is 9.59 Å². The van der Waals surface area contributed by atoms with Crippen molar-refractivity contribution in [1.82, 2.24) is 9.66 Å². The second kappa shape index (κ2) is 9.21. The number of ether oxygens (including phenoxy) is 1. The Morgan fingerprint density at radius 2 is 1.97 bits per heavy atom. The highest BCUT2D eigenvalue weighted by atomic mass is 79.9. The van der Waals surface area contributed by atoms with Crippen molar-refractivity contribution in [3.8, 4) is 5.75 Å². The lowest BCUT2D eigenvalue weighted by Crippen LogP contribution is -2.23. The number of carbonyl (C=O) groups is 1. The second-order valence-electron chi connectivity index (χ2n) is 6.97. The number of rotatable bonds is 7. The highest BCUT2D eigenvalue weighted by molar-refractivity contribution is 9.10. The van der Waals surface area contributed by atoms with Crippen LogP contribution >= 0.6 is 15.9 Å². The van der Waals surface area contributed by atoms with E-state index in [1.54, 1.807) is 36.5 Å². The molecule has 0 spiro atoms. The van der Waals surface area contributed by atoms with Gasteiger partial charge in [0.15, 0.2) is 6.10 Å². The van der Waals surface area contributed by atoms with Gasteiger partial charge in [0, 0.05) is 10.4 Å². The molecule has 0 aliphatic heterocycles. The minimum atomic E-state index is -1.03. The van der Waals surface area contributed by atoms with Crippen LogP contribution in [-0.4, -0.2) is 33.1 Å². The molecular formula is C22H22BrN3O4. The van der Waals surface area contributed by atoms with Crippen molar-refractivity contribution in [2.75, 3.05) is 0 Å². The van der Waals surface area contributed by atoms with Crippen LogP contribution in [0.15, 0.2) is 56.8 Å². The molecule has 30 heavy (non-hydrogen) atoms. The summed E-state index contributed by atoms with van der Waals surface area (Å²) >= 11 is 3.40. The molecule has 0 radical (unpaired) electrons. The molecule has 2 aromatic carbocycles. The number of aromatic nitrogens is 2. The average molecular weight is 472 g/mol. The highest BCUT2D eigenvalue weighted by Gasteiger charge is 2.16. The van der Waals surface area contributed by atoms with Gasteiger partial charge in [-0.1, -0.05) is 29.8 Å². The fourth-order valence-corrected chi connectivity index (χ4v) is 3.15. The van der Waals surface area contributed by atoms with Crippen molar-refractivity contribution < 1.29 is 14.6 Å². The molecule has 0 amide bonds. The Morgan fingerprint density at radius 1 is 1.27 bits per heavy atom. The molecule has 156 valence electrons. The third-order valence-electron chi connectivity index (χ3n) is 4.75. The number of nitrogens with zero attached hydrogens (tertiary/aromatic N) is 3. The molecular weight excluding hydrogens is 450 g/mol. The van der Waals surface area contributed by atoms with Gasteiger partial charge in [-0.05, 0) is 61.4 Å². The molecule has 1 N–H and O–H groups in total. The number of carboxylic acids is 1. The van der Waals surface area contributed by atoms with Gasteiger partial charge in [-0.3, -0.25) is 4.79 Å². The van der Waals surface area contributed by atoms with Crippen molar-refractivity contribution >= 4 is 39.0 Å². The van der Waals surface area contributed by atoms with Crippen LogP contribution in [0.3, 0.4) is 0 Å². The van der Waals surface area contributed by atoms with Gasteiger partial charge in [0.05, 0.1) is 17.1 Å². The topological polar surface area (TPSA) is 93.8 Å². The first-order chi connectivity index (χ1) is 14.3. The molecule has 0 saturated carbocycles. The van der Waals surface area contributed by atoms with Crippen LogP contribution in [0, 0.1) is 0 Å². The van der Waals surface area contributed by atoms with Gasteiger partial charge in [0.2, 0.25) is 0 Å². The first kappa shape index (κ1) is 21.7. The van der Waals surface area contributed by atoms with Gasteiger partial charge < -0.3 is 9.84 Å². The lowest BCUT2D eigenvalue weighted by Gasteiger charge is -2.14. The smallest absolute Gasteiger partial charge is 0.344 e. The zero-order valence-electron chi connectivity index (χ0n) is 16.9. The maximum Gasteiger partial charge on any atom is 0.344 e. The van der Waals surface area contributed by atoms with Gasteiger partial charge in [0.25, 0.3) is 5.56 Å². The minimum absolute atomic E-state index is 0.0520. The molecule has 7 nitrogen and oxygen atoms in total. The maximum absolute atomic E-state index is 13.1. The van der Waals surface area contributed by atoms with Crippen LogP contribution in [0.1, 0.15) is 44.5 Å². The van der Waals surface area contributed by atoms with Crippen LogP contribution < -0.4 is 10.3 Å². The summed E-state index contributed by atoms with van der Waals surface area (Å²) in [4.78, 5) is 28.7. The largest absolute Gasteiger partial charge is 0.479 e. The van der Waals surface area contributed by atoms with E-state index in [0.717, 1.165) is 16.5 Å². The number of aliphatic carboxylic acids is 1. The zero-order valence-corrected chi connectivity index (χ0v) is 18.5. The molecule has 0 bridgehead atoms. The van der Waals surface area contributed by atoms with Crippen molar-refractivity contribution in [2.45, 2.75) is 39.2 Å². The molecule has 0 unspecified atom stereocenters. The number of hydrogen-bond donors (Lipinski definition) is 1. The Bertz CT molecular complexity index is 1160. The average Bonchev–Trinajstić information content (AvgIpc) is 2.73. The molecule has 3 rings (SSSR count). The normalized spacial score (nSPS) is 13.5. The Balaban J connectivity index is 1.97. The summed E-state index contributed by atoms with van der Waals surface area (Å²) in [6, 6.07) is 12.2. The molecule has 0 aliphatic carbocycles. The highest BCUT2D eigenvalue weighted by Crippen LogP contribution is 2.21. The van der Waals surface area contributed by atoms with Gasteiger partial charge in [-0.15, -0.1) is 0 Å². The lowest BCUT2D eigenvalue weighted by molar-refractivity contribution is -0.144. The maximum atomic E-state index is 13.1. The fraction of sp³-hybridized carbons (Fsp3) is 0.273. The summed E-state index contributed by atoms with van der Waals surface area (Å²) in [6.07, 6.45) is 1.45. The fourth-order valence-electron chi connectivity index (χ4n) is 2.79. The predicted molar refractivity (Wildman–Crippen MR) is 120 cm³/mol. The van der Waals surface area contributed by atoms with Gasteiger partial charge >= 0.3 is 5.97 Å². The molecule has 0 fully saturated rings. The van der Waals surface area contributed by atoms with Crippen molar-refractivity contribution in [2.24, 2.45) is 5.10 Å². The molecule has 8 heteroatoms. The Morgan fingerprint density at radius 3 is 2.60 bits per heavy atom. The van der Waals surface area contributed by atoms with Crippen LogP contribution in [0.2, 0.25) is 0 Å². The summed E-state index contributed by atoms with van der Waals surface area (Å²) in [7, 11) is 0. The minimum Gasteiger partial charge on any atom is -0.479 e. The van der Waals surface area contributed by atoms with E-state index in [2.05, 4.69) is 26.0 Å². The van der Waals surface area contributed by atoms with E-state index in [1.165, 1.54) is 11.6 Å². The third-order valence-corrected chi connectivity index (χ3v) is 5.24. The van der Waals surface area contributed by atoms with Gasteiger partial charge in [-0.2, -0.15) is 9.78 Å². The molecule has 0 saturated heterocycles. The van der Waals surface area contributed by atoms with Crippen LogP contribution in [-0.2, 0) is 4.79 Å². The Hall–Kier alpha value is -3.00. The molecule has 3 aromatic rings. The first-order valence-electron chi connectivity index (χ1n) is 9.56. The number of halogens is 1. The van der Waals surface area contributed by atoms with Crippen molar-refractivity contribution in [3.05, 3.63) is 68.7 Å². The van der Waals surface area contributed by atoms with Gasteiger partial charge in [0.1, 0.15) is 11.6 Å². The molecule has 0 aliphatic rings. The number of carboxylic acid groups (broad SMARTS) is 1. The first-order valence-corrected chi connectivity index (χ1v) is 10.4. The Kier molecular flexibility index (Phi) is 6.66. The third kappa shape index (κ3) is 4.76. The summed E-state index contributed by atoms with van der Waals surface area (Å²) in [5.74, 6) is 0.0600.